The third kappa shape index (κ3) is 3.73. The largest absolute Gasteiger partial charge is 0.453 e. The molecule has 2 aliphatic heterocycles. The number of anilines is 2. The van der Waals surface area contributed by atoms with E-state index in [2.05, 4.69) is 17.6 Å². The fourth-order valence-electron chi connectivity index (χ4n) is 4.10. The van der Waals surface area contributed by atoms with Gasteiger partial charge in [-0.05, 0) is 62.5 Å². The van der Waals surface area contributed by atoms with Gasteiger partial charge >= 0.3 is 0 Å². The minimum Gasteiger partial charge on any atom is -0.453 e. The van der Waals surface area contributed by atoms with Gasteiger partial charge in [0.1, 0.15) is 4.90 Å². The van der Waals surface area contributed by atoms with Crippen molar-refractivity contribution in [2.24, 2.45) is 0 Å². The maximum atomic E-state index is 12.8. The molecule has 2 aromatic rings. The minimum absolute atomic E-state index is 0.104. The summed E-state index contributed by atoms with van der Waals surface area (Å²) in [7, 11) is -0.707. The number of nitrogens with zero attached hydrogens (tertiary/aromatic N) is 1. The molecule has 0 aromatic heterocycles. The molecule has 2 aromatic carbocycles. The zero-order chi connectivity index (χ0) is 21.5. The van der Waals surface area contributed by atoms with Crippen LogP contribution in [0.4, 0.5) is 11.4 Å². The Kier molecular flexibility index (Phi) is 5.85. The number of hydrogen-bond donors (Lipinski definition) is 2. The molecule has 7 nitrogen and oxygen atoms in total. The fraction of sp³-hybridized carbons (Fsp3) is 0.429. The van der Waals surface area contributed by atoms with Crippen LogP contribution in [-0.4, -0.2) is 46.7 Å². The highest BCUT2D eigenvalue weighted by Gasteiger charge is 2.31. The van der Waals surface area contributed by atoms with E-state index >= 15 is 0 Å². The monoisotopic (exact) mass is 451 g/mol. The van der Waals surface area contributed by atoms with Gasteiger partial charge in [-0.15, -0.1) is 0 Å². The molecule has 0 spiro atoms. The van der Waals surface area contributed by atoms with Gasteiger partial charge < -0.3 is 20.1 Å². The van der Waals surface area contributed by atoms with Crippen LogP contribution in [0.2, 0.25) is 5.02 Å². The summed E-state index contributed by atoms with van der Waals surface area (Å²) in [5.74, 6) is 1.75. The lowest BCUT2D eigenvalue weighted by Crippen LogP contribution is -2.27. The zero-order valence-corrected chi connectivity index (χ0v) is 18.9. The van der Waals surface area contributed by atoms with Gasteiger partial charge in [-0.1, -0.05) is 17.7 Å². The number of nitrogens with one attached hydrogen (secondary N) is 2. The average molecular weight is 452 g/mol. The molecule has 0 atom stereocenters. The molecule has 0 saturated carbocycles. The lowest BCUT2D eigenvalue weighted by Gasteiger charge is -2.26. The standard InChI is InChI=1S/C21H26ClN3O4S/c1-13-11-16(20-21(29-12-28-20)18(13)14-7-9-23-10-8-14)24-19-15(22)5-4-6-17(19)30(26,27)25(2)3/h4-6,11,14,23-24H,7-10,12H2,1-3H3. The summed E-state index contributed by atoms with van der Waals surface area (Å²) in [6.07, 6.45) is 2.08. The summed E-state index contributed by atoms with van der Waals surface area (Å²) in [4.78, 5) is 0.104. The lowest BCUT2D eigenvalue weighted by molar-refractivity contribution is 0.173. The van der Waals surface area contributed by atoms with Crippen molar-refractivity contribution in [2.75, 3.05) is 39.3 Å². The van der Waals surface area contributed by atoms with Crippen LogP contribution >= 0.6 is 11.6 Å². The highest BCUT2D eigenvalue weighted by molar-refractivity contribution is 7.89. The molecule has 1 saturated heterocycles. The SMILES string of the molecule is Cc1cc(Nc2c(Cl)cccc2S(=O)(=O)N(C)C)c2c(c1C1CCNCC1)OCO2. The van der Waals surface area contributed by atoms with E-state index < -0.39 is 10.0 Å². The predicted molar refractivity (Wildman–Crippen MR) is 118 cm³/mol. The summed E-state index contributed by atoms with van der Waals surface area (Å²) >= 11 is 6.41. The van der Waals surface area contributed by atoms with E-state index in [0.717, 1.165) is 37.2 Å². The Morgan fingerprint density at radius 2 is 1.87 bits per heavy atom. The Morgan fingerprint density at radius 3 is 2.57 bits per heavy atom. The number of piperidine rings is 1. The van der Waals surface area contributed by atoms with E-state index in [4.69, 9.17) is 21.1 Å². The van der Waals surface area contributed by atoms with E-state index in [-0.39, 0.29) is 11.7 Å². The van der Waals surface area contributed by atoms with Crippen LogP contribution in [0.3, 0.4) is 0 Å². The lowest BCUT2D eigenvalue weighted by atomic mass is 9.86. The Labute approximate surface area is 182 Å². The summed E-state index contributed by atoms with van der Waals surface area (Å²) in [6, 6.07) is 6.81. The first-order chi connectivity index (χ1) is 14.3. The Bertz CT molecular complexity index is 1070. The first kappa shape index (κ1) is 21.2. The molecule has 4 rings (SSSR count). The summed E-state index contributed by atoms with van der Waals surface area (Å²) < 4.78 is 38.5. The van der Waals surface area contributed by atoms with Crippen molar-refractivity contribution in [2.45, 2.75) is 30.6 Å². The molecule has 2 heterocycles. The maximum absolute atomic E-state index is 12.8. The first-order valence-corrected chi connectivity index (χ1v) is 11.7. The van der Waals surface area contributed by atoms with Gasteiger partial charge in [-0.25, -0.2) is 12.7 Å². The van der Waals surface area contributed by atoms with Gasteiger partial charge in [0.25, 0.3) is 0 Å². The molecule has 0 aliphatic carbocycles. The molecule has 162 valence electrons. The van der Waals surface area contributed by atoms with E-state index in [1.54, 1.807) is 12.1 Å². The molecule has 1 fully saturated rings. The number of halogens is 1. The zero-order valence-electron chi connectivity index (χ0n) is 17.3. The number of para-hydroxylation sites is 1. The van der Waals surface area contributed by atoms with Crippen LogP contribution in [0.15, 0.2) is 29.2 Å². The summed E-state index contributed by atoms with van der Waals surface area (Å²) in [5, 5.41) is 6.92. The van der Waals surface area contributed by atoms with Crippen molar-refractivity contribution in [3.05, 3.63) is 40.4 Å². The van der Waals surface area contributed by atoms with Crippen molar-refractivity contribution in [1.29, 1.82) is 0 Å². The number of aryl methyl sites for hydroxylation is 1. The van der Waals surface area contributed by atoms with Gasteiger partial charge in [-0.3, -0.25) is 0 Å². The highest BCUT2D eigenvalue weighted by atomic mass is 35.5. The van der Waals surface area contributed by atoms with Crippen LogP contribution in [0.25, 0.3) is 0 Å². The maximum Gasteiger partial charge on any atom is 0.244 e. The fourth-order valence-corrected chi connectivity index (χ4v) is 5.44. The number of fused-ring (bicyclic) bond motifs is 1. The predicted octanol–water partition coefficient (Wildman–Crippen LogP) is 3.84. The smallest absolute Gasteiger partial charge is 0.244 e. The van der Waals surface area contributed by atoms with E-state index in [1.165, 1.54) is 30.0 Å². The molecule has 0 amide bonds. The van der Waals surface area contributed by atoms with Gasteiger partial charge in [0.2, 0.25) is 16.8 Å². The van der Waals surface area contributed by atoms with Crippen molar-refractivity contribution in [1.82, 2.24) is 9.62 Å². The highest BCUT2D eigenvalue weighted by Crippen LogP contribution is 2.49. The quantitative estimate of drug-likeness (QED) is 0.719. The van der Waals surface area contributed by atoms with Gasteiger partial charge in [0.05, 0.1) is 16.4 Å². The number of hydrogen-bond acceptors (Lipinski definition) is 6. The minimum atomic E-state index is -3.69. The van der Waals surface area contributed by atoms with E-state index in [0.29, 0.717) is 28.1 Å². The second-order valence-corrected chi connectivity index (χ2v) is 10.3. The Morgan fingerprint density at radius 1 is 1.17 bits per heavy atom. The van der Waals surface area contributed by atoms with Crippen molar-refractivity contribution in [3.8, 4) is 11.5 Å². The first-order valence-electron chi connectivity index (χ1n) is 9.92. The molecule has 0 radical (unpaired) electrons. The second-order valence-electron chi connectivity index (χ2n) is 7.77. The van der Waals surface area contributed by atoms with Gasteiger partial charge in [-0.2, -0.15) is 0 Å². The molecular weight excluding hydrogens is 426 g/mol. The van der Waals surface area contributed by atoms with E-state index in [1.807, 2.05) is 6.07 Å². The number of sulfonamides is 1. The van der Waals surface area contributed by atoms with Crippen molar-refractivity contribution >= 4 is 33.0 Å². The normalized spacial score (nSPS) is 16.8. The van der Waals surface area contributed by atoms with Gasteiger partial charge in [0, 0.05) is 19.7 Å². The van der Waals surface area contributed by atoms with Crippen molar-refractivity contribution in [3.63, 3.8) is 0 Å². The van der Waals surface area contributed by atoms with Crippen LogP contribution in [-0.2, 0) is 10.0 Å². The van der Waals surface area contributed by atoms with Crippen LogP contribution < -0.4 is 20.1 Å². The van der Waals surface area contributed by atoms with Crippen molar-refractivity contribution < 1.29 is 17.9 Å². The van der Waals surface area contributed by atoms with Crippen LogP contribution in [0, 0.1) is 6.92 Å². The third-order valence-electron chi connectivity index (χ3n) is 5.63. The average Bonchev–Trinajstić information content (AvgIpc) is 3.19. The molecule has 2 aliphatic rings. The molecule has 9 heteroatoms. The third-order valence-corrected chi connectivity index (χ3v) is 7.80. The van der Waals surface area contributed by atoms with E-state index in [9.17, 15) is 8.42 Å². The second kappa shape index (κ2) is 8.26. The molecule has 0 bridgehead atoms. The molecule has 30 heavy (non-hydrogen) atoms. The van der Waals surface area contributed by atoms with Gasteiger partial charge in [0.15, 0.2) is 11.5 Å². The number of ether oxygens (including phenoxy) is 2. The number of benzene rings is 2. The summed E-state index contributed by atoms with van der Waals surface area (Å²) in [5.41, 5.74) is 3.22. The Balaban J connectivity index is 1.79. The topological polar surface area (TPSA) is 79.9 Å². The summed E-state index contributed by atoms with van der Waals surface area (Å²) in [6.45, 7) is 4.14. The molecular formula is C21H26ClN3O4S. The van der Waals surface area contributed by atoms with Crippen LogP contribution in [0.1, 0.15) is 29.9 Å². The molecule has 0 unspecified atom stereocenters. The van der Waals surface area contributed by atoms with Crippen LogP contribution in [0.5, 0.6) is 11.5 Å². The molecule has 2 N–H and O–H groups in total. The Hall–Kier alpha value is -2.00. The number of rotatable bonds is 5.